The largest absolute Gasteiger partial charge is 0.491 e. The Hall–Kier alpha value is -2.03. The Morgan fingerprint density at radius 1 is 0.667 bits per heavy atom. The van der Waals surface area contributed by atoms with Crippen LogP contribution in [0.1, 0.15) is 55.4 Å². The summed E-state index contributed by atoms with van der Waals surface area (Å²) in [6.45, 7) is 16.0. The van der Waals surface area contributed by atoms with Gasteiger partial charge in [-0.15, -0.1) is 0 Å². The number of nitrogens with zero attached hydrogens (tertiary/aromatic N) is 1. The van der Waals surface area contributed by atoms with Gasteiger partial charge in [-0.1, -0.05) is 45.9 Å². The quantitative estimate of drug-likeness (QED) is 0.649. The molecule has 136 valence electrons. The van der Waals surface area contributed by atoms with Gasteiger partial charge in [-0.2, -0.15) is 0 Å². The molecule has 0 saturated heterocycles. The van der Waals surface area contributed by atoms with E-state index in [2.05, 4.69) is 4.98 Å². The fourth-order valence-corrected chi connectivity index (χ4v) is 1.46. The Balaban J connectivity index is 0. The highest BCUT2D eigenvalue weighted by Crippen LogP contribution is 2.09. The molecular formula is C21H35NO2. The lowest BCUT2D eigenvalue weighted by Gasteiger charge is -2.07. The molecule has 0 unspecified atom stereocenters. The molecule has 0 radical (unpaired) electrons. The minimum Gasteiger partial charge on any atom is -0.491 e. The van der Waals surface area contributed by atoms with Gasteiger partial charge in [0.2, 0.25) is 0 Å². The molecule has 0 spiro atoms. The average Bonchev–Trinajstić information content (AvgIpc) is 2.60. The van der Waals surface area contributed by atoms with Gasteiger partial charge in [-0.05, 0) is 52.0 Å². The smallest absolute Gasteiger partial charge is 0.137 e. The lowest BCUT2D eigenvalue weighted by molar-refractivity contribution is 0.241. The second-order valence-electron chi connectivity index (χ2n) is 4.83. The third kappa shape index (κ3) is 14.9. The molecule has 2 rings (SSSR count). The summed E-state index contributed by atoms with van der Waals surface area (Å²) < 4.78 is 10.8. The number of rotatable bonds is 4. The number of aromatic nitrogens is 1. The van der Waals surface area contributed by atoms with E-state index in [1.54, 1.807) is 12.4 Å². The van der Waals surface area contributed by atoms with Crippen LogP contribution in [0.4, 0.5) is 0 Å². The maximum absolute atomic E-state index is 5.41. The number of para-hydroxylation sites is 1. The van der Waals surface area contributed by atoms with E-state index in [1.165, 1.54) is 0 Å². The first-order chi connectivity index (χ1) is 11.6. The van der Waals surface area contributed by atoms with Gasteiger partial charge in [0.25, 0.3) is 0 Å². The first-order valence-corrected chi connectivity index (χ1v) is 8.86. The fourth-order valence-electron chi connectivity index (χ4n) is 1.46. The number of pyridine rings is 1. The van der Waals surface area contributed by atoms with Crippen molar-refractivity contribution < 1.29 is 9.47 Å². The van der Waals surface area contributed by atoms with Crippen LogP contribution in [0, 0.1) is 0 Å². The zero-order chi connectivity index (χ0) is 18.8. The predicted molar refractivity (Wildman–Crippen MR) is 105 cm³/mol. The zero-order valence-electron chi connectivity index (χ0n) is 16.6. The van der Waals surface area contributed by atoms with Gasteiger partial charge >= 0.3 is 0 Å². The molecule has 24 heavy (non-hydrogen) atoms. The van der Waals surface area contributed by atoms with Gasteiger partial charge in [0.1, 0.15) is 11.5 Å². The normalized spacial score (nSPS) is 8.75. The molecule has 0 N–H and O–H groups in total. The summed E-state index contributed by atoms with van der Waals surface area (Å²) in [5.41, 5.74) is 0. The Labute approximate surface area is 149 Å². The number of hydrogen-bond donors (Lipinski definition) is 0. The number of hydrogen-bond acceptors (Lipinski definition) is 3. The number of ether oxygens (including phenoxy) is 2. The van der Waals surface area contributed by atoms with Gasteiger partial charge in [-0.25, -0.2) is 0 Å². The summed E-state index contributed by atoms with van der Waals surface area (Å²) in [7, 11) is 0. The highest BCUT2D eigenvalue weighted by molar-refractivity contribution is 5.21. The molecule has 1 aromatic heterocycles. The molecule has 2 aromatic rings. The third-order valence-electron chi connectivity index (χ3n) is 2.12. The second-order valence-corrected chi connectivity index (χ2v) is 4.83. The van der Waals surface area contributed by atoms with Crippen molar-refractivity contribution in [3.63, 3.8) is 0 Å². The van der Waals surface area contributed by atoms with Crippen LogP contribution in [-0.4, -0.2) is 17.2 Å². The highest BCUT2D eigenvalue weighted by atomic mass is 16.5. The minimum absolute atomic E-state index is 0.226. The van der Waals surface area contributed by atoms with E-state index >= 15 is 0 Å². The van der Waals surface area contributed by atoms with E-state index < -0.39 is 0 Å². The SMILES string of the molecule is CC.CC.CC(C)Oc1ccccc1.CC(C)Oc1cccnc1. The molecule has 0 aliphatic rings. The van der Waals surface area contributed by atoms with Crippen molar-refractivity contribution in [2.75, 3.05) is 0 Å². The monoisotopic (exact) mass is 333 g/mol. The molecule has 0 aliphatic heterocycles. The molecule has 0 aliphatic carbocycles. The van der Waals surface area contributed by atoms with Crippen LogP contribution in [0.3, 0.4) is 0 Å². The zero-order valence-corrected chi connectivity index (χ0v) is 16.6. The van der Waals surface area contributed by atoms with Crippen LogP contribution >= 0.6 is 0 Å². The van der Waals surface area contributed by atoms with Gasteiger partial charge in [-0.3, -0.25) is 4.98 Å². The van der Waals surface area contributed by atoms with Crippen LogP contribution in [0.5, 0.6) is 11.5 Å². The van der Waals surface area contributed by atoms with Gasteiger partial charge in [0.05, 0.1) is 18.4 Å². The molecule has 1 heterocycles. The molecule has 0 amide bonds. The van der Waals surface area contributed by atoms with Gasteiger partial charge in [0, 0.05) is 6.20 Å². The molecule has 0 bridgehead atoms. The molecule has 3 nitrogen and oxygen atoms in total. The molecule has 0 atom stereocenters. The van der Waals surface area contributed by atoms with E-state index in [0.29, 0.717) is 0 Å². The van der Waals surface area contributed by atoms with Crippen LogP contribution in [-0.2, 0) is 0 Å². The predicted octanol–water partition coefficient (Wildman–Crippen LogP) is 6.40. The maximum Gasteiger partial charge on any atom is 0.137 e. The Bertz CT molecular complexity index is 410. The van der Waals surface area contributed by atoms with Crippen molar-refractivity contribution in [1.29, 1.82) is 0 Å². The lowest BCUT2D eigenvalue weighted by Crippen LogP contribution is -2.05. The van der Waals surface area contributed by atoms with Gasteiger partial charge in [0.15, 0.2) is 0 Å². The topological polar surface area (TPSA) is 31.4 Å². The van der Waals surface area contributed by atoms with Crippen LogP contribution in [0.15, 0.2) is 54.9 Å². The summed E-state index contributed by atoms with van der Waals surface area (Å²) in [5.74, 6) is 1.77. The summed E-state index contributed by atoms with van der Waals surface area (Å²) >= 11 is 0. The van der Waals surface area contributed by atoms with Crippen molar-refractivity contribution in [2.24, 2.45) is 0 Å². The standard InChI is InChI=1S/C9H12O.C8H11NO.2C2H6/c1-8(2)10-9-6-4-3-5-7-9;1-7(2)10-8-4-3-5-9-6-8;2*1-2/h3-8H,1-2H3;3-7H,1-2H3;2*1-2H3. The van der Waals surface area contributed by atoms with E-state index in [9.17, 15) is 0 Å². The summed E-state index contributed by atoms with van der Waals surface area (Å²) in [4.78, 5) is 3.91. The Morgan fingerprint density at radius 2 is 1.12 bits per heavy atom. The average molecular weight is 334 g/mol. The van der Waals surface area contributed by atoms with E-state index in [0.717, 1.165) is 11.5 Å². The third-order valence-corrected chi connectivity index (χ3v) is 2.12. The van der Waals surface area contributed by atoms with E-state index in [-0.39, 0.29) is 12.2 Å². The van der Waals surface area contributed by atoms with Gasteiger partial charge < -0.3 is 9.47 Å². The Kier molecular flexibility index (Phi) is 17.5. The van der Waals surface area contributed by atoms with Crippen LogP contribution < -0.4 is 9.47 Å². The molecule has 3 heteroatoms. The highest BCUT2D eigenvalue weighted by Gasteiger charge is 1.94. The fraction of sp³-hybridized carbons (Fsp3) is 0.476. The van der Waals surface area contributed by atoms with Crippen LogP contribution in [0.2, 0.25) is 0 Å². The maximum atomic E-state index is 5.41. The van der Waals surface area contributed by atoms with Crippen molar-refractivity contribution in [3.05, 3.63) is 54.9 Å². The van der Waals surface area contributed by atoms with Crippen molar-refractivity contribution >= 4 is 0 Å². The van der Waals surface area contributed by atoms with E-state index in [1.807, 2.05) is 97.9 Å². The first kappa shape index (κ1) is 24.2. The summed E-state index contributed by atoms with van der Waals surface area (Å²) in [6.07, 6.45) is 3.93. The minimum atomic E-state index is 0.226. The molecule has 0 saturated carbocycles. The molecular weight excluding hydrogens is 298 g/mol. The first-order valence-electron chi connectivity index (χ1n) is 8.86. The van der Waals surface area contributed by atoms with Crippen molar-refractivity contribution in [3.8, 4) is 11.5 Å². The lowest BCUT2D eigenvalue weighted by atomic mass is 10.3. The summed E-state index contributed by atoms with van der Waals surface area (Å²) in [5, 5.41) is 0. The van der Waals surface area contributed by atoms with Crippen LogP contribution in [0.25, 0.3) is 0 Å². The van der Waals surface area contributed by atoms with E-state index in [4.69, 9.17) is 9.47 Å². The second kappa shape index (κ2) is 17.3. The van der Waals surface area contributed by atoms with Crippen molar-refractivity contribution in [1.82, 2.24) is 4.98 Å². The van der Waals surface area contributed by atoms with Crippen molar-refractivity contribution in [2.45, 2.75) is 67.6 Å². The summed E-state index contributed by atoms with van der Waals surface area (Å²) in [6, 6.07) is 13.6. The molecule has 0 fully saturated rings. The molecule has 1 aromatic carbocycles. The number of benzene rings is 1. The Morgan fingerprint density at radius 3 is 1.54 bits per heavy atom.